The second-order valence-corrected chi connectivity index (χ2v) is 7.31. The summed E-state index contributed by atoms with van der Waals surface area (Å²) in [6.07, 6.45) is 4.97. The average molecular weight is 487 g/mol. The minimum absolute atomic E-state index is 0. The van der Waals surface area contributed by atoms with Gasteiger partial charge in [-0.1, -0.05) is 44.0 Å². The molecule has 0 aromatic heterocycles. The van der Waals surface area contributed by atoms with Crippen molar-refractivity contribution in [3.8, 4) is 0 Å². The SMILES string of the molecule is CCCCCNC(=NC)NCc1ccc(CN2CCCN(C)CC2)cc1.I. The van der Waals surface area contributed by atoms with Gasteiger partial charge in [-0.25, -0.2) is 0 Å². The molecule has 2 N–H and O–H groups in total. The van der Waals surface area contributed by atoms with Crippen molar-refractivity contribution in [2.45, 2.75) is 45.7 Å². The van der Waals surface area contributed by atoms with Crippen LogP contribution in [-0.4, -0.2) is 62.6 Å². The van der Waals surface area contributed by atoms with Gasteiger partial charge >= 0.3 is 0 Å². The summed E-state index contributed by atoms with van der Waals surface area (Å²) in [7, 11) is 4.05. The standard InChI is InChI=1S/C21H37N5.HI/c1-4-5-6-12-23-21(22-2)24-17-19-8-10-20(11-9-19)18-26-14-7-13-25(3)15-16-26;/h8-11H,4-7,12-18H2,1-3H3,(H2,22,23,24);1H. The first-order valence-corrected chi connectivity index (χ1v) is 10.1. The summed E-state index contributed by atoms with van der Waals surface area (Å²) in [6, 6.07) is 9.00. The molecule has 5 nitrogen and oxygen atoms in total. The van der Waals surface area contributed by atoms with Crippen molar-refractivity contribution >= 4 is 29.9 Å². The third-order valence-electron chi connectivity index (χ3n) is 5.00. The molecule has 0 unspecified atom stereocenters. The molecule has 2 rings (SSSR count). The number of aliphatic imine (C=N–C) groups is 1. The topological polar surface area (TPSA) is 42.9 Å². The van der Waals surface area contributed by atoms with Gasteiger partial charge in [0, 0.05) is 39.8 Å². The Morgan fingerprint density at radius 3 is 2.44 bits per heavy atom. The molecule has 1 aliphatic rings. The summed E-state index contributed by atoms with van der Waals surface area (Å²) < 4.78 is 0. The molecule has 0 saturated carbocycles. The Morgan fingerprint density at radius 2 is 1.74 bits per heavy atom. The smallest absolute Gasteiger partial charge is 0.191 e. The Bertz CT molecular complexity index is 532. The number of nitrogens with zero attached hydrogens (tertiary/aromatic N) is 3. The van der Waals surface area contributed by atoms with E-state index in [2.05, 4.69) is 63.7 Å². The van der Waals surface area contributed by atoms with Crippen LogP contribution >= 0.6 is 24.0 Å². The molecule has 0 spiro atoms. The summed E-state index contributed by atoms with van der Waals surface area (Å²) in [6.45, 7) is 9.83. The maximum atomic E-state index is 4.29. The van der Waals surface area contributed by atoms with E-state index < -0.39 is 0 Å². The highest BCUT2D eigenvalue weighted by Gasteiger charge is 2.12. The van der Waals surface area contributed by atoms with Crippen molar-refractivity contribution in [2.24, 2.45) is 4.99 Å². The Kier molecular flexibility index (Phi) is 12.7. The summed E-state index contributed by atoms with van der Waals surface area (Å²) in [5.41, 5.74) is 2.70. The molecule has 0 atom stereocenters. The molecular formula is C21H38IN5. The number of benzene rings is 1. The first-order chi connectivity index (χ1) is 12.7. The van der Waals surface area contributed by atoms with E-state index in [0.29, 0.717) is 0 Å². The van der Waals surface area contributed by atoms with E-state index >= 15 is 0 Å². The fraction of sp³-hybridized carbons (Fsp3) is 0.667. The number of guanidine groups is 1. The van der Waals surface area contributed by atoms with E-state index in [9.17, 15) is 0 Å². The second kappa shape index (κ2) is 14.2. The lowest BCUT2D eigenvalue weighted by Crippen LogP contribution is -2.37. The minimum Gasteiger partial charge on any atom is -0.356 e. The van der Waals surface area contributed by atoms with Crippen molar-refractivity contribution in [1.82, 2.24) is 20.4 Å². The van der Waals surface area contributed by atoms with Crippen LogP contribution in [0.25, 0.3) is 0 Å². The van der Waals surface area contributed by atoms with E-state index in [0.717, 1.165) is 25.6 Å². The Labute approximate surface area is 183 Å². The molecule has 0 amide bonds. The predicted molar refractivity (Wildman–Crippen MR) is 127 cm³/mol. The van der Waals surface area contributed by atoms with Gasteiger partial charge in [0.1, 0.15) is 0 Å². The lowest BCUT2D eigenvalue weighted by atomic mass is 10.1. The number of likely N-dealkylation sites (N-methyl/N-ethyl adjacent to an activating group) is 1. The van der Waals surface area contributed by atoms with Gasteiger partial charge in [0.05, 0.1) is 0 Å². The van der Waals surface area contributed by atoms with E-state index in [4.69, 9.17) is 0 Å². The lowest BCUT2D eigenvalue weighted by Gasteiger charge is -2.20. The third-order valence-corrected chi connectivity index (χ3v) is 5.00. The summed E-state index contributed by atoms with van der Waals surface area (Å²) >= 11 is 0. The zero-order chi connectivity index (χ0) is 18.6. The number of hydrogen-bond donors (Lipinski definition) is 2. The van der Waals surface area contributed by atoms with Gasteiger partial charge in [-0.3, -0.25) is 9.89 Å². The molecule has 1 aliphatic heterocycles. The van der Waals surface area contributed by atoms with Crippen LogP contribution in [0.3, 0.4) is 0 Å². The number of halogens is 1. The lowest BCUT2D eigenvalue weighted by molar-refractivity contribution is 0.269. The van der Waals surface area contributed by atoms with Gasteiger partial charge < -0.3 is 15.5 Å². The molecule has 0 aliphatic carbocycles. The summed E-state index contributed by atoms with van der Waals surface area (Å²) in [5.74, 6) is 0.888. The molecule has 1 saturated heterocycles. The maximum absolute atomic E-state index is 4.29. The molecule has 154 valence electrons. The molecule has 0 radical (unpaired) electrons. The van der Waals surface area contributed by atoms with Crippen LogP contribution in [0.15, 0.2) is 29.3 Å². The third kappa shape index (κ3) is 9.76. The highest BCUT2D eigenvalue weighted by molar-refractivity contribution is 14.0. The van der Waals surface area contributed by atoms with Gasteiger partial charge in [-0.05, 0) is 44.1 Å². The molecule has 1 aromatic rings. The van der Waals surface area contributed by atoms with Crippen molar-refractivity contribution in [1.29, 1.82) is 0 Å². The van der Waals surface area contributed by atoms with E-state index in [1.807, 2.05) is 7.05 Å². The fourth-order valence-corrected chi connectivity index (χ4v) is 3.27. The number of nitrogens with one attached hydrogen (secondary N) is 2. The second-order valence-electron chi connectivity index (χ2n) is 7.31. The first kappa shape index (κ1) is 24.2. The first-order valence-electron chi connectivity index (χ1n) is 10.1. The van der Waals surface area contributed by atoms with Crippen molar-refractivity contribution in [3.05, 3.63) is 35.4 Å². The highest BCUT2D eigenvalue weighted by Crippen LogP contribution is 2.10. The number of unbranched alkanes of at least 4 members (excludes halogenated alkanes) is 2. The van der Waals surface area contributed by atoms with Gasteiger partial charge in [-0.15, -0.1) is 24.0 Å². The zero-order valence-electron chi connectivity index (χ0n) is 17.3. The fourth-order valence-electron chi connectivity index (χ4n) is 3.27. The van der Waals surface area contributed by atoms with Gasteiger partial charge in [0.25, 0.3) is 0 Å². The van der Waals surface area contributed by atoms with E-state index in [1.54, 1.807) is 0 Å². The van der Waals surface area contributed by atoms with Crippen molar-refractivity contribution in [2.75, 3.05) is 46.8 Å². The Morgan fingerprint density at radius 1 is 1.00 bits per heavy atom. The van der Waals surface area contributed by atoms with Crippen LogP contribution < -0.4 is 10.6 Å². The van der Waals surface area contributed by atoms with Crippen molar-refractivity contribution < 1.29 is 0 Å². The Balaban J connectivity index is 0.00000364. The zero-order valence-corrected chi connectivity index (χ0v) is 19.7. The molecule has 1 heterocycles. The van der Waals surface area contributed by atoms with Crippen LogP contribution in [0, 0.1) is 0 Å². The minimum atomic E-state index is 0. The monoisotopic (exact) mass is 487 g/mol. The van der Waals surface area contributed by atoms with E-state index in [-0.39, 0.29) is 24.0 Å². The molecular weight excluding hydrogens is 449 g/mol. The van der Waals surface area contributed by atoms with Crippen LogP contribution in [0.1, 0.15) is 43.7 Å². The van der Waals surface area contributed by atoms with Crippen LogP contribution in [0.2, 0.25) is 0 Å². The average Bonchev–Trinajstić information content (AvgIpc) is 2.86. The number of hydrogen-bond acceptors (Lipinski definition) is 3. The molecule has 27 heavy (non-hydrogen) atoms. The quantitative estimate of drug-likeness (QED) is 0.256. The van der Waals surface area contributed by atoms with Gasteiger partial charge in [0.15, 0.2) is 5.96 Å². The Hall–Kier alpha value is -0.860. The normalized spacial score (nSPS) is 16.5. The maximum Gasteiger partial charge on any atom is 0.191 e. The summed E-state index contributed by atoms with van der Waals surface area (Å²) in [5, 5.41) is 6.78. The number of rotatable bonds is 8. The van der Waals surface area contributed by atoms with Crippen LogP contribution in [0.5, 0.6) is 0 Å². The molecule has 1 aromatic carbocycles. The van der Waals surface area contributed by atoms with Crippen LogP contribution in [-0.2, 0) is 13.1 Å². The van der Waals surface area contributed by atoms with Gasteiger partial charge in [-0.2, -0.15) is 0 Å². The molecule has 6 heteroatoms. The largest absolute Gasteiger partial charge is 0.356 e. The van der Waals surface area contributed by atoms with Gasteiger partial charge in [0.2, 0.25) is 0 Å². The molecule has 0 bridgehead atoms. The molecule has 1 fully saturated rings. The predicted octanol–water partition coefficient (Wildman–Crippen LogP) is 3.30. The summed E-state index contributed by atoms with van der Waals surface area (Å²) in [4.78, 5) is 9.29. The van der Waals surface area contributed by atoms with Crippen LogP contribution in [0.4, 0.5) is 0 Å². The highest BCUT2D eigenvalue weighted by atomic mass is 127. The van der Waals surface area contributed by atoms with Crippen molar-refractivity contribution in [3.63, 3.8) is 0 Å². The van der Waals surface area contributed by atoms with E-state index in [1.165, 1.54) is 63.0 Å².